The standard InChI is InChI=1S/C19H23N5O2/c25-18(12-15-4-1-2-8-20-15)24-10-11-26-13-16(24)19-21-9-7-17(23-19)22-14-5-3-6-14/h1-2,4,7-9,14,16H,3,5-6,10-13H2,(H,21,22,23). The zero-order valence-electron chi connectivity index (χ0n) is 14.7. The molecule has 26 heavy (non-hydrogen) atoms. The van der Waals surface area contributed by atoms with Gasteiger partial charge in [-0.2, -0.15) is 0 Å². The molecule has 1 amide bonds. The lowest BCUT2D eigenvalue weighted by molar-refractivity contribution is -0.139. The minimum atomic E-state index is -0.261. The number of nitrogens with zero attached hydrogens (tertiary/aromatic N) is 4. The third-order valence-corrected chi connectivity index (χ3v) is 4.94. The van der Waals surface area contributed by atoms with Gasteiger partial charge in [0.1, 0.15) is 11.9 Å². The van der Waals surface area contributed by atoms with Crippen molar-refractivity contribution in [1.82, 2.24) is 19.9 Å². The second kappa shape index (κ2) is 7.78. The summed E-state index contributed by atoms with van der Waals surface area (Å²) < 4.78 is 5.61. The SMILES string of the molecule is O=C(Cc1ccccn1)N1CCOCC1c1nccc(NC2CCC2)n1. The van der Waals surface area contributed by atoms with E-state index in [1.54, 1.807) is 12.4 Å². The second-order valence-corrected chi connectivity index (χ2v) is 6.75. The van der Waals surface area contributed by atoms with Crippen molar-refractivity contribution in [3.8, 4) is 0 Å². The molecular formula is C19H23N5O2. The third-order valence-electron chi connectivity index (χ3n) is 4.94. The number of hydrogen-bond donors (Lipinski definition) is 1. The van der Waals surface area contributed by atoms with E-state index < -0.39 is 0 Å². The van der Waals surface area contributed by atoms with Gasteiger partial charge in [-0.15, -0.1) is 0 Å². The molecular weight excluding hydrogens is 330 g/mol. The second-order valence-electron chi connectivity index (χ2n) is 6.75. The number of morpholine rings is 1. The van der Waals surface area contributed by atoms with Crippen LogP contribution in [0.25, 0.3) is 0 Å². The van der Waals surface area contributed by atoms with Gasteiger partial charge >= 0.3 is 0 Å². The highest BCUT2D eigenvalue weighted by atomic mass is 16.5. The van der Waals surface area contributed by atoms with Crippen LogP contribution in [0.5, 0.6) is 0 Å². The summed E-state index contributed by atoms with van der Waals surface area (Å²) in [5, 5.41) is 3.44. The molecule has 1 N–H and O–H groups in total. The minimum absolute atomic E-state index is 0.0259. The Balaban J connectivity index is 1.49. The Morgan fingerprint density at radius 3 is 2.92 bits per heavy atom. The summed E-state index contributed by atoms with van der Waals surface area (Å²) >= 11 is 0. The molecule has 7 nitrogen and oxygen atoms in total. The monoisotopic (exact) mass is 353 g/mol. The van der Waals surface area contributed by atoms with E-state index in [4.69, 9.17) is 4.74 Å². The van der Waals surface area contributed by atoms with Gasteiger partial charge < -0.3 is 15.0 Å². The number of hydrogen-bond acceptors (Lipinski definition) is 6. The van der Waals surface area contributed by atoms with Crippen molar-refractivity contribution < 1.29 is 9.53 Å². The number of carbonyl (C=O) groups is 1. The van der Waals surface area contributed by atoms with Crippen LogP contribution in [0.15, 0.2) is 36.7 Å². The summed E-state index contributed by atoms with van der Waals surface area (Å²) in [5.74, 6) is 1.48. The Labute approximate surface area is 152 Å². The van der Waals surface area contributed by atoms with E-state index in [1.807, 2.05) is 29.2 Å². The summed E-state index contributed by atoms with van der Waals surface area (Å²) in [6.45, 7) is 1.49. The van der Waals surface area contributed by atoms with Crippen LogP contribution in [0.1, 0.15) is 36.8 Å². The van der Waals surface area contributed by atoms with Crippen LogP contribution in [-0.4, -0.2) is 51.6 Å². The van der Waals surface area contributed by atoms with E-state index in [-0.39, 0.29) is 18.4 Å². The zero-order valence-corrected chi connectivity index (χ0v) is 14.7. The summed E-state index contributed by atoms with van der Waals surface area (Å²) in [6.07, 6.45) is 7.36. The summed E-state index contributed by atoms with van der Waals surface area (Å²) in [4.78, 5) is 28.0. The Morgan fingerprint density at radius 2 is 2.15 bits per heavy atom. The van der Waals surface area contributed by atoms with Gasteiger partial charge in [-0.3, -0.25) is 9.78 Å². The van der Waals surface area contributed by atoms with Gasteiger partial charge in [0.2, 0.25) is 5.91 Å². The van der Waals surface area contributed by atoms with Gasteiger partial charge in [0.05, 0.1) is 19.6 Å². The lowest BCUT2D eigenvalue weighted by Crippen LogP contribution is -2.44. The molecule has 1 aliphatic heterocycles. The lowest BCUT2D eigenvalue weighted by atomic mass is 9.93. The molecule has 0 radical (unpaired) electrons. The maximum absolute atomic E-state index is 12.8. The average molecular weight is 353 g/mol. The Morgan fingerprint density at radius 1 is 1.23 bits per heavy atom. The number of nitrogens with one attached hydrogen (secondary N) is 1. The first-order chi connectivity index (χ1) is 12.8. The molecule has 1 saturated carbocycles. The average Bonchev–Trinajstić information content (AvgIpc) is 2.66. The van der Waals surface area contributed by atoms with Crippen molar-refractivity contribution in [2.75, 3.05) is 25.1 Å². The van der Waals surface area contributed by atoms with Crippen molar-refractivity contribution in [2.45, 2.75) is 37.8 Å². The number of amides is 1. The fraction of sp³-hybridized carbons (Fsp3) is 0.474. The van der Waals surface area contributed by atoms with Crippen LogP contribution in [0.2, 0.25) is 0 Å². The van der Waals surface area contributed by atoms with Crippen LogP contribution in [-0.2, 0) is 16.0 Å². The third kappa shape index (κ3) is 3.83. The zero-order chi connectivity index (χ0) is 17.8. The van der Waals surface area contributed by atoms with Crippen LogP contribution in [0.3, 0.4) is 0 Å². The number of ether oxygens (including phenoxy) is 1. The molecule has 1 unspecified atom stereocenters. The van der Waals surface area contributed by atoms with E-state index in [2.05, 4.69) is 20.3 Å². The molecule has 3 heterocycles. The van der Waals surface area contributed by atoms with Crippen molar-refractivity contribution in [3.63, 3.8) is 0 Å². The number of anilines is 1. The first-order valence-corrected chi connectivity index (χ1v) is 9.16. The van der Waals surface area contributed by atoms with Crippen molar-refractivity contribution in [2.24, 2.45) is 0 Å². The fourth-order valence-electron chi connectivity index (χ4n) is 3.25. The highest BCUT2D eigenvalue weighted by molar-refractivity contribution is 5.78. The molecule has 2 aromatic heterocycles. The van der Waals surface area contributed by atoms with E-state index >= 15 is 0 Å². The van der Waals surface area contributed by atoms with Crippen molar-refractivity contribution >= 4 is 11.7 Å². The molecule has 7 heteroatoms. The van der Waals surface area contributed by atoms with Crippen LogP contribution >= 0.6 is 0 Å². The van der Waals surface area contributed by atoms with E-state index in [0.29, 0.717) is 31.6 Å². The molecule has 1 aliphatic carbocycles. The highest BCUT2D eigenvalue weighted by Gasteiger charge is 2.31. The molecule has 4 rings (SSSR count). The van der Waals surface area contributed by atoms with E-state index in [1.165, 1.54) is 19.3 Å². The van der Waals surface area contributed by atoms with Crippen molar-refractivity contribution in [3.05, 3.63) is 48.2 Å². The molecule has 1 atom stereocenters. The smallest absolute Gasteiger partial charge is 0.229 e. The molecule has 2 fully saturated rings. The Bertz CT molecular complexity index is 751. The lowest BCUT2D eigenvalue weighted by Gasteiger charge is -2.35. The fourth-order valence-corrected chi connectivity index (χ4v) is 3.25. The van der Waals surface area contributed by atoms with Gasteiger partial charge in [-0.05, 0) is 37.5 Å². The highest BCUT2D eigenvalue weighted by Crippen LogP contribution is 2.25. The molecule has 2 aliphatic rings. The summed E-state index contributed by atoms with van der Waals surface area (Å²) in [6, 6.07) is 7.73. The molecule has 0 aromatic carbocycles. The van der Waals surface area contributed by atoms with E-state index in [9.17, 15) is 4.79 Å². The number of pyridine rings is 1. The molecule has 0 bridgehead atoms. The van der Waals surface area contributed by atoms with Gasteiger partial charge in [0.15, 0.2) is 5.82 Å². The number of carbonyl (C=O) groups excluding carboxylic acids is 1. The van der Waals surface area contributed by atoms with Gasteiger partial charge in [-0.1, -0.05) is 6.07 Å². The van der Waals surface area contributed by atoms with Crippen LogP contribution in [0.4, 0.5) is 5.82 Å². The van der Waals surface area contributed by atoms with Crippen LogP contribution < -0.4 is 5.32 Å². The van der Waals surface area contributed by atoms with Gasteiger partial charge in [0, 0.05) is 30.7 Å². The Kier molecular flexibility index (Phi) is 5.06. The molecule has 136 valence electrons. The number of rotatable bonds is 5. The van der Waals surface area contributed by atoms with Crippen LogP contribution in [0, 0.1) is 0 Å². The topological polar surface area (TPSA) is 80.2 Å². The Hall–Kier alpha value is -2.54. The molecule has 1 saturated heterocycles. The van der Waals surface area contributed by atoms with Gasteiger partial charge in [-0.25, -0.2) is 9.97 Å². The first kappa shape index (κ1) is 16.9. The summed E-state index contributed by atoms with van der Waals surface area (Å²) in [5.41, 5.74) is 0.768. The predicted molar refractivity (Wildman–Crippen MR) is 96.5 cm³/mol. The maximum atomic E-state index is 12.8. The van der Waals surface area contributed by atoms with E-state index in [0.717, 1.165) is 11.5 Å². The molecule has 0 spiro atoms. The predicted octanol–water partition coefficient (Wildman–Crippen LogP) is 1.98. The van der Waals surface area contributed by atoms with Gasteiger partial charge in [0.25, 0.3) is 0 Å². The quantitative estimate of drug-likeness (QED) is 0.885. The largest absolute Gasteiger partial charge is 0.377 e. The normalized spacial score (nSPS) is 20.5. The van der Waals surface area contributed by atoms with Crippen molar-refractivity contribution in [1.29, 1.82) is 0 Å². The minimum Gasteiger partial charge on any atom is -0.377 e. The molecule has 2 aromatic rings. The number of aromatic nitrogens is 3. The maximum Gasteiger partial charge on any atom is 0.229 e. The summed E-state index contributed by atoms with van der Waals surface area (Å²) in [7, 11) is 0. The first-order valence-electron chi connectivity index (χ1n) is 9.16.